The predicted octanol–water partition coefficient (Wildman–Crippen LogP) is 4.39. The van der Waals surface area contributed by atoms with Gasteiger partial charge in [-0.25, -0.2) is 18.7 Å². The molecule has 0 aliphatic carbocycles. The number of rotatable bonds is 3. The molecule has 116 valence electrons. The van der Waals surface area contributed by atoms with Gasteiger partial charge in [-0.2, -0.15) is 0 Å². The van der Waals surface area contributed by atoms with E-state index in [2.05, 4.69) is 15.3 Å². The summed E-state index contributed by atoms with van der Waals surface area (Å²) in [5, 5.41) is 4.88. The van der Waals surface area contributed by atoms with Crippen molar-refractivity contribution < 1.29 is 13.6 Å². The first kappa shape index (κ1) is 15.5. The maximum absolute atomic E-state index is 13.2. The van der Waals surface area contributed by atoms with Crippen LogP contribution in [0.15, 0.2) is 41.9 Å². The molecule has 1 aromatic carbocycles. The Balaban J connectivity index is 1.77. The number of hydrogen-bond acceptors (Lipinski definition) is 4. The third-order valence-electron chi connectivity index (χ3n) is 2.93. The Morgan fingerprint density at radius 3 is 2.70 bits per heavy atom. The van der Waals surface area contributed by atoms with Crippen molar-refractivity contribution in [1.29, 1.82) is 0 Å². The molecular formula is C15H8ClF2N3OS. The highest BCUT2D eigenvalue weighted by molar-refractivity contribution is 7.14. The highest BCUT2D eigenvalue weighted by Gasteiger charge is 2.11. The summed E-state index contributed by atoms with van der Waals surface area (Å²) >= 11 is 6.84. The molecule has 4 nitrogen and oxygen atoms in total. The summed E-state index contributed by atoms with van der Waals surface area (Å²) in [6, 6.07) is 6.54. The normalized spacial score (nSPS) is 10.6. The zero-order valence-corrected chi connectivity index (χ0v) is 13.0. The number of thiazole rings is 1. The van der Waals surface area contributed by atoms with Gasteiger partial charge in [-0.15, -0.1) is 11.3 Å². The first-order valence-electron chi connectivity index (χ1n) is 6.37. The van der Waals surface area contributed by atoms with E-state index in [0.717, 1.165) is 12.1 Å². The van der Waals surface area contributed by atoms with Crippen LogP contribution < -0.4 is 5.32 Å². The van der Waals surface area contributed by atoms with Crippen LogP contribution in [0.4, 0.5) is 13.9 Å². The number of amides is 1. The Morgan fingerprint density at radius 1 is 1.17 bits per heavy atom. The second-order valence-electron chi connectivity index (χ2n) is 4.49. The van der Waals surface area contributed by atoms with Crippen molar-refractivity contribution in [1.82, 2.24) is 9.97 Å². The fourth-order valence-electron chi connectivity index (χ4n) is 1.80. The lowest BCUT2D eigenvalue weighted by molar-refractivity contribution is 0.102. The molecule has 1 amide bonds. The standard InChI is InChI=1S/C15H8ClF2N3OS/c16-13-4-2-9(6-19-13)14(22)21-15-20-12(7-23-15)8-1-3-10(17)11(18)5-8/h1-7H,(H,20,21,22). The Labute approximate surface area is 138 Å². The highest BCUT2D eigenvalue weighted by Crippen LogP contribution is 2.26. The summed E-state index contributed by atoms with van der Waals surface area (Å²) < 4.78 is 26.2. The van der Waals surface area contributed by atoms with Gasteiger partial charge in [-0.3, -0.25) is 10.1 Å². The minimum atomic E-state index is -0.951. The zero-order chi connectivity index (χ0) is 16.4. The topological polar surface area (TPSA) is 54.9 Å². The van der Waals surface area contributed by atoms with Crippen LogP contribution in [0.2, 0.25) is 5.15 Å². The molecular weight excluding hydrogens is 344 g/mol. The molecule has 1 N–H and O–H groups in total. The molecule has 3 aromatic rings. The van der Waals surface area contributed by atoms with Crippen LogP contribution in [0.1, 0.15) is 10.4 Å². The first-order valence-corrected chi connectivity index (χ1v) is 7.62. The third-order valence-corrected chi connectivity index (χ3v) is 3.91. The van der Waals surface area contributed by atoms with Crippen LogP contribution in [0.3, 0.4) is 0 Å². The monoisotopic (exact) mass is 351 g/mol. The number of nitrogens with zero attached hydrogens (tertiary/aromatic N) is 2. The van der Waals surface area contributed by atoms with Gasteiger partial charge >= 0.3 is 0 Å². The zero-order valence-electron chi connectivity index (χ0n) is 11.4. The number of hydrogen-bond donors (Lipinski definition) is 1. The van der Waals surface area contributed by atoms with Gasteiger partial charge < -0.3 is 0 Å². The average molecular weight is 352 g/mol. The van der Waals surface area contributed by atoms with Crippen molar-refractivity contribution >= 4 is 34.0 Å². The maximum Gasteiger partial charge on any atom is 0.259 e. The lowest BCUT2D eigenvalue weighted by atomic mass is 10.2. The van der Waals surface area contributed by atoms with Crippen LogP contribution >= 0.6 is 22.9 Å². The Morgan fingerprint density at radius 2 is 2.00 bits per heavy atom. The summed E-state index contributed by atoms with van der Waals surface area (Å²) in [6.45, 7) is 0. The van der Waals surface area contributed by atoms with E-state index < -0.39 is 11.6 Å². The maximum atomic E-state index is 13.2. The van der Waals surface area contributed by atoms with E-state index in [4.69, 9.17) is 11.6 Å². The Bertz CT molecular complexity index is 867. The predicted molar refractivity (Wildman–Crippen MR) is 84.7 cm³/mol. The van der Waals surface area contributed by atoms with E-state index in [1.54, 1.807) is 5.38 Å². The smallest absolute Gasteiger partial charge is 0.259 e. The number of pyridine rings is 1. The van der Waals surface area contributed by atoms with Gasteiger partial charge in [0.05, 0.1) is 11.3 Å². The van der Waals surface area contributed by atoms with Crippen LogP contribution in [0, 0.1) is 11.6 Å². The molecule has 0 aliphatic rings. The van der Waals surface area contributed by atoms with E-state index in [-0.39, 0.29) is 11.1 Å². The lowest BCUT2D eigenvalue weighted by Crippen LogP contribution is -2.11. The quantitative estimate of drug-likeness (QED) is 0.712. The van der Waals surface area contributed by atoms with Crippen LogP contribution in [-0.4, -0.2) is 15.9 Å². The van der Waals surface area contributed by atoms with Crippen LogP contribution in [0.25, 0.3) is 11.3 Å². The number of nitrogens with one attached hydrogen (secondary N) is 1. The van der Waals surface area contributed by atoms with E-state index in [9.17, 15) is 13.6 Å². The second kappa shape index (κ2) is 6.39. The van der Waals surface area contributed by atoms with E-state index >= 15 is 0 Å². The van der Waals surface area contributed by atoms with Gasteiger partial charge in [-0.1, -0.05) is 11.6 Å². The molecule has 0 radical (unpaired) electrons. The molecule has 0 saturated carbocycles. The minimum absolute atomic E-state index is 0.288. The number of carbonyl (C=O) groups excluding carboxylic acids is 1. The molecule has 23 heavy (non-hydrogen) atoms. The number of anilines is 1. The van der Waals surface area contributed by atoms with Gasteiger partial charge in [0.1, 0.15) is 5.15 Å². The number of benzene rings is 1. The van der Waals surface area contributed by atoms with Crippen molar-refractivity contribution in [3.05, 3.63) is 64.3 Å². The Kier molecular flexibility index (Phi) is 4.31. The molecule has 0 bridgehead atoms. The van der Waals surface area contributed by atoms with Gasteiger partial charge in [0, 0.05) is 17.1 Å². The van der Waals surface area contributed by atoms with E-state index in [1.807, 2.05) is 0 Å². The van der Waals surface area contributed by atoms with Crippen molar-refractivity contribution in [3.8, 4) is 11.3 Å². The molecule has 2 heterocycles. The molecule has 8 heteroatoms. The fourth-order valence-corrected chi connectivity index (χ4v) is 2.63. The van der Waals surface area contributed by atoms with Crippen molar-refractivity contribution in [3.63, 3.8) is 0 Å². The molecule has 3 rings (SSSR count). The van der Waals surface area contributed by atoms with Crippen LogP contribution in [-0.2, 0) is 0 Å². The molecule has 0 atom stereocenters. The van der Waals surface area contributed by atoms with Gasteiger partial charge in [0.15, 0.2) is 16.8 Å². The van der Waals surface area contributed by atoms with Crippen molar-refractivity contribution in [2.45, 2.75) is 0 Å². The molecule has 0 unspecified atom stereocenters. The lowest BCUT2D eigenvalue weighted by Gasteiger charge is -2.01. The Hall–Kier alpha value is -2.38. The van der Waals surface area contributed by atoms with Gasteiger partial charge in [-0.05, 0) is 30.3 Å². The summed E-state index contributed by atoms with van der Waals surface area (Å²) in [4.78, 5) is 20.0. The highest BCUT2D eigenvalue weighted by atomic mass is 35.5. The first-order chi connectivity index (χ1) is 11.0. The minimum Gasteiger partial charge on any atom is -0.298 e. The van der Waals surface area contributed by atoms with E-state index in [0.29, 0.717) is 22.0 Å². The van der Waals surface area contributed by atoms with Crippen molar-refractivity contribution in [2.75, 3.05) is 5.32 Å². The van der Waals surface area contributed by atoms with Gasteiger partial charge in [0.2, 0.25) is 0 Å². The SMILES string of the molecule is O=C(Nc1nc(-c2ccc(F)c(F)c2)cs1)c1ccc(Cl)nc1. The van der Waals surface area contributed by atoms with Crippen molar-refractivity contribution in [2.24, 2.45) is 0 Å². The third kappa shape index (κ3) is 3.52. The van der Waals surface area contributed by atoms with E-state index in [1.165, 1.54) is 35.7 Å². The number of carbonyl (C=O) groups is 1. The summed E-state index contributed by atoms with van der Waals surface area (Å²) in [7, 11) is 0. The molecule has 0 spiro atoms. The fraction of sp³-hybridized carbons (Fsp3) is 0. The molecule has 0 aliphatic heterocycles. The summed E-state index contributed by atoms with van der Waals surface area (Å²) in [6.07, 6.45) is 1.35. The summed E-state index contributed by atoms with van der Waals surface area (Å²) in [5.74, 6) is -2.26. The number of halogens is 3. The van der Waals surface area contributed by atoms with Crippen LogP contribution in [0.5, 0.6) is 0 Å². The average Bonchev–Trinajstić information content (AvgIpc) is 2.99. The molecule has 2 aromatic heterocycles. The molecule has 0 saturated heterocycles. The van der Waals surface area contributed by atoms with Gasteiger partial charge in [0.25, 0.3) is 5.91 Å². The molecule has 0 fully saturated rings. The largest absolute Gasteiger partial charge is 0.298 e. The second-order valence-corrected chi connectivity index (χ2v) is 5.74. The summed E-state index contributed by atoms with van der Waals surface area (Å²) in [5.41, 5.74) is 1.20. The number of aromatic nitrogens is 2.